The number of rotatable bonds is 3. The molecular weight excluding hydrogens is 585 g/mol. The molecule has 0 amide bonds. The molecule has 10 aromatic rings. The third-order valence-corrected chi connectivity index (χ3v) is 11.1. The van der Waals surface area contributed by atoms with Crippen LogP contribution in [0.15, 0.2) is 170 Å². The minimum absolute atomic E-state index is 1.24. The van der Waals surface area contributed by atoms with Crippen molar-refractivity contribution in [2.24, 2.45) is 0 Å². The highest BCUT2D eigenvalue weighted by Crippen LogP contribution is 2.49. The highest BCUT2D eigenvalue weighted by atomic mass is 32.1. The maximum Gasteiger partial charge on any atom is 0.0434 e. The summed E-state index contributed by atoms with van der Waals surface area (Å²) < 4.78 is 2.69. The standard InChI is InChI=1S/C46H28S/c1-2-13-29(14-3-1)31-27-28-39(34-18-7-6-17-33(31)34)43-35-19-8-10-21-37(35)44(38-22-11-9-20-36(38)43)40-23-12-24-42-45(40)41-26-25-30-15-4-5-16-32(30)46(41)47-42/h1-28H. The predicted molar refractivity (Wildman–Crippen MR) is 206 cm³/mol. The second kappa shape index (κ2) is 10.4. The minimum atomic E-state index is 1.24. The van der Waals surface area contributed by atoms with Crippen LogP contribution >= 0.6 is 11.3 Å². The summed E-state index contributed by atoms with van der Waals surface area (Å²) in [5.41, 5.74) is 7.67. The SMILES string of the molecule is c1ccc(-c2ccc(-c3c4ccccc4c(-c4cccc5sc6c7ccccc7ccc6c45)c4ccccc34)c3ccccc23)cc1. The first-order chi connectivity index (χ1) is 23.3. The van der Waals surface area contributed by atoms with E-state index in [4.69, 9.17) is 0 Å². The Bertz CT molecular complexity index is 2780. The molecule has 0 spiro atoms. The monoisotopic (exact) mass is 612 g/mol. The zero-order valence-electron chi connectivity index (χ0n) is 25.6. The number of hydrogen-bond acceptors (Lipinski definition) is 1. The maximum absolute atomic E-state index is 2.34. The number of thiophene rings is 1. The van der Waals surface area contributed by atoms with Crippen molar-refractivity contribution in [2.45, 2.75) is 0 Å². The zero-order valence-corrected chi connectivity index (χ0v) is 26.4. The van der Waals surface area contributed by atoms with Crippen molar-refractivity contribution in [1.82, 2.24) is 0 Å². The van der Waals surface area contributed by atoms with Gasteiger partial charge in [0.1, 0.15) is 0 Å². The Labute approximate surface area is 276 Å². The van der Waals surface area contributed by atoms with E-state index in [0.29, 0.717) is 0 Å². The van der Waals surface area contributed by atoms with Gasteiger partial charge in [-0.05, 0) is 82.5 Å². The molecule has 218 valence electrons. The van der Waals surface area contributed by atoms with Crippen molar-refractivity contribution in [3.63, 3.8) is 0 Å². The van der Waals surface area contributed by atoms with Gasteiger partial charge in [0.15, 0.2) is 0 Å². The van der Waals surface area contributed by atoms with Crippen LogP contribution in [0.5, 0.6) is 0 Å². The van der Waals surface area contributed by atoms with Gasteiger partial charge in [0.05, 0.1) is 0 Å². The zero-order chi connectivity index (χ0) is 30.9. The molecule has 0 atom stereocenters. The van der Waals surface area contributed by atoms with Gasteiger partial charge < -0.3 is 0 Å². The molecule has 0 aliphatic heterocycles. The summed E-state index contributed by atoms with van der Waals surface area (Å²) in [6, 6.07) is 62.6. The van der Waals surface area contributed by atoms with Gasteiger partial charge in [-0.15, -0.1) is 11.3 Å². The lowest BCUT2D eigenvalue weighted by Gasteiger charge is -2.20. The summed E-state index contributed by atoms with van der Waals surface area (Å²) in [5.74, 6) is 0. The van der Waals surface area contributed by atoms with Crippen LogP contribution in [0.2, 0.25) is 0 Å². The fourth-order valence-electron chi connectivity index (χ4n) is 7.86. The van der Waals surface area contributed by atoms with Crippen molar-refractivity contribution >= 4 is 74.6 Å². The van der Waals surface area contributed by atoms with Crippen molar-refractivity contribution < 1.29 is 0 Å². The average molecular weight is 613 g/mol. The number of fused-ring (bicyclic) bond motifs is 8. The predicted octanol–water partition coefficient (Wildman–Crippen LogP) is 13.7. The summed E-state index contributed by atoms with van der Waals surface area (Å²) in [5, 5.41) is 13.0. The lowest BCUT2D eigenvalue weighted by molar-refractivity contribution is 1.64. The summed E-state index contributed by atoms with van der Waals surface area (Å²) in [4.78, 5) is 0. The second-order valence-electron chi connectivity index (χ2n) is 12.4. The van der Waals surface area contributed by atoms with Crippen LogP contribution in [0.25, 0.3) is 96.6 Å². The molecule has 0 N–H and O–H groups in total. The van der Waals surface area contributed by atoms with E-state index in [-0.39, 0.29) is 0 Å². The Kier molecular flexibility index (Phi) is 5.85. The normalized spacial score (nSPS) is 11.8. The van der Waals surface area contributed by atoms with Crippen LogP contribution in [0, 0.1) is 0 Å². The summed E-state index contributed by atoms with van der Waals surface area (Å²) in [6.07, 6.45) is 0. The van der Waals surface area contributed by atoms with Gasteiger partial charge in [-0.1, -0.05) is 164 Å². The molecule has 1 aromatic heterocycles. The van der Waals surface area contributed by atoms with Gasteiger partial charge in [-0.3, -0.25) is 0 Å². The van der Waals surface area contributed by atoms with Crippen molar-refractivity contribution in [2.75, 3.05) is 0 Å². The smallest absolute Gasteiger partial charge is 0.0434 e. The van der Waals surface area contributed by atoms with Crippen molar-refractivity contribution in [3.8, 4) is 33.4 Å². The van der Waals surface area contributed by atoms with Gasteiger partial charge in [0.2, 0.25) is 0 Å². The Balaban J connectivity index is 1.32. The maximum atomic E-state index is 2.34. The van der Waals surface area contributed by atoms with Gasteiger partial charge in [0, 0.05) is 20.2 Å². The Morgan fingerprint density at radius 1 is 0.298 bits per heavy atom. The fraction of sp³-hybridized carbons (Fsp3) is 0. The van der Waals surface area contributed by atoms with E-state index in [0.717, 1.165) is 0 Å². The lowest BCUT2D eigenvalue weighted by atomic mass is 9.83. The average Bonchev–Trinajstić information content (AvgIpc) is 3.54. The molecule has 1 heteroatoms. The third-order valence-electron chi connectivity index (χ3n) is 9.87. The van der Waals surface area contributed by atoms with E-state index in [1.807, 2.05) is 11.3 Å². The van der Waals surface area contributed by atoms with E-state index in [2.05, 4.69) is 170 Å². The Morgan fingerprint density at radius 2 is 0.830 bits per heavy atom. The molecule has 1 heterocycles. The molecule has 0 saturated carbocycles. The molecule has 0 saturated heterocycles. The largest absolute Gasteiger partial charge is 0.135 e. The molecule has 47 heavy (non-hydrogen) atoms. The van der Waals surface area contributed by atoms with Crippen LogP contribution in [0.4, 0.5) is 0 Å². The Hall–Kier alpha value is -5.76. The van der Waals surface area contributed by atoms with Crippen LogP contribution in [-0.2, 0) is 0 Å². The molecule has 0 bridgehead atoms. The second-order valence-corrected chi connectivity index (χ2v) is 13.4. The number of benzene rings is 9. The molecule has 0 fully saturated rings. The van der Waals surface area contributed by atoms with Gasteiger partial charge >= 0.3 is 0 Å². The molecule has 0 aliphatic rings. The summed E-state index contributed by atoms with van der Waals surface area (Å²) in [7, 11) is 0. The van der Waals surface area contributed by atoms with Crippen LogP contribution in [-0.4, -0.2) is 0 Å². The summed E-state index contributed by atoms with van der Waals surface area (Å²) >= 11 is 1.91. The first kappa shape index (κ1) is 26.5. The van der Waals surface area contributed by atoms with E-state index < -0.39 is 0 Å². The quantitative estimate of drug-likeness (QED) is 0.174. The molecule has 0 aliphatic carbocycles. The molecule has 0 unspecified atom stereocenters. The first-order valence-corrected chi connectivity index (χ1v) is 17.0. The van der Waals surface area contributed by atoms with E-state index >= 15 is 0 Å². The summed E-state index contributed by atoms with van der Waals surface area (Å²) in [6.45, 7) is 0. The lowest BCUT2D eigenvalue weighted by Crippen LogP contribution is -1.92. The highest BCUT2D eigenvalue weighted by Gasteiger charge is 2.21. The van der Waals surface area contributed by atoms with Crippen LogP contribution in [0.1, 0.15) is 0 Å². The molecule has 0 nitrogen and oxygen atoms in total. The van der Waals surface area contributed by atoms with Gasteiger partial charge in [-0.2, -0.15) is 0 Å². The molecule has 9 aromatic carbocycles. The van der Waals surface area contributed by atoms with Crippen molar-refractivity contribution in [3.05, 3.63) is 170 Å². The topological polar surface area (TPSA) is 0 Å². The molecule has 10 rings (SSSR count). The van der Waals surface area contributed by atoms with Gasteiger partial charge in [-0.25, -0.2) is 0 Å². The van der Waals surface area contributed by atoms with Crippen LogP contribution < -0.4 is 0 Å². The Morgan fingerprint density at radius 3 is 1.51 bits per heavy atom. The molecule has 0 radical (unpaired) electrons. The van der Waals surface area contributed by atoms with Crippen molar-refractivity contribution in [1.29, 1.82) is 0 Å². The first-order valence-electron chi connectivity index (χ1n) is 16.2. The van der Waals surface area contributed by atoms with Crippen LogP contribution in [0.3, 0.4) is 0 Å². The van der Waals surface area contributed by atoms with E-state index in [9.17, 15) is 0 Å². The fourth-order valence-corrected chi connectivity index (χ4v) is 9.12. The van der Waals surface area contributed by atoms with E-state index in [1.54, 1.807) is 0 Å². The third kappa shape index (κ3) is 3.94. The van der Waals surface area contributed by atoms with Gasteiger partial charge in [0.25, 0.3) is 0 Å². The number of hydrogen-bond donors (Lipinski definition) is 0. The molecular formula is C46H28S. The highest BCUT2D eigenvalue weighted by molar-refractivity contribution is 7.26. The minimum Gasteiger partial charge on any atom is -0.135 e. The van der Waals surface area contributed by atoms with E-state index in [1.165, 1.54) is 96.6 Å².